The van der Waals surface area contributed by atoms with Crippen molar-refractivity contribution in [3.05, 3.63) is 42.0 Å². The third-order valence-electron chi connectivity index (χ3n) is 4.25. The molecule has 0 unspecified atom stereocenters. The maximum Gasteiger partial charge on any atom is 0.310 e. The maximum atomic E-state index is 12.6. The monoisotopic (exact) mass is 315 g/mol. The van der Waals surface area contributed by atoms with Crippen molar-refractivity contribution in [2.24, 2.45) is 11.8 Å². The lowest BCUT2D eigenvalue weighted by atomic mass is 9.82. The molecule has 2 rings (SSSR count). The second kappa shape index (κ2) is 7.95. The molecular weight excluding hydrogens is 290 g/mol. The zero-order chi connectivity index (χ0) is 16.8. The molecule has 0 bridgehead atoms. The van der Waals surface area contributed by atoms with Gasteiger partial charge in [0.2, 0.25) is 5.91 Å². The van der Waals surface area contributed by atoms with E-state index in [1.165, 1.54) is 0 Å². The number of nitrogens with one attached hydrogen (secondary N) is 1. The summed E-state index contributed by atoms with van der Waals surface area (Å²) in [6, 6.07) is 7.66. The number of esters is 1. The third kappa shape index (κ3) is 4.68. The van der Waals surface area contributed by atoms with Crippen LogP contribution < -0.4 is 5.32 Å². The Bertz CT molecular complexity index is 594. The molecule has 23 heavy (non-hydrogen) atoms. The van der Waals surface area contributed by atoms with Gasteiger partial charge in [0.15, 0.2) is 0 Å². The van der Waals surface area contributed by atoms with Crippen LogP contribution in [0.4, 0.5) is 5.69 Å². The van der Waals surface area contributed by atoms with Crippen molar-refractivity contribution in [2.45, 2.75) is 46.1 Å². The van der Waals surface area contributed by atoms with Gasteiger partial charge in [-0.3, -0.25) is 9.59 Å². The number of anilines is 1. The van der Waals surface area contributed by atoms with Crippen LogP contribution >= 0.6 is 0 Å². The lowest BCUT2D eigenvalue weighted by molar-refractivity contribution is -0.157. The Morgan fingerprint density at radius 1 is 1.26 bits per heavy atom. The second-order valence-corrected chi connectivity index (χ2v) is 6.17. The van der Waals surface area contributed by atoms with E-state index in [1.807, 2.05) is 57.2 Å². The number of hydrogen-bond acceptors (Lipinski definition) is 3. The highest BCUT2D eigenvalue weighted by molar-refractivity contribution is 5.95. The summed E-state index contributed by atoms with van der Waals surface area (Å²) >= 11 is 0. The molecule has 1 amide bonds. The first-order chi connectivity index (χ1) is 11.0. The molecule has 3 atom stereocenters. The van der Waals surface area contributed by atoms with E-state index in [1.54, 1.807) is 0 Å². The number of carbonyl (C=O) groups is 2. The largest absolute Gasteiger partial charge is 0.462 e. The van der Waals surface area contributed by atoms with E-state index in [2.05, 4.69) is 5.32 Å². The van der Waals surface area contributed by atoms with Gasteiger partial charge in [0.05, 0.1) is 17.9 Å². The Balaban J connectivity index is 2.07. The second-order valence-electron chi connectivity index (χ2n) is 6.17. The smallest absolute Gasteiger partial charge is 0.310 e. The van der Waals surface area contributed by atoms with E-state index < -0.39 is 5.92 Å². The van der Waals surface area contributed by atoms with Crippen molar-refractivity contribution in [1.82, 2.24) is 0 Å². The summed E-state index contributed by atoms with van der Waals surface area (Å²) in [4.78, 5) is 24.9. The molecule has 0 saturated carbocycles. The van der Waals surface area contributed by atoms with Crippen molar-refractivity contribution in [1.29, 1.82) is 0 Å². The van der Waals surface area contributed by atoms with Gasteiger partial charge in [-0.25, -0.2) is 0 Å². The van der Waals surface area contributed by atoms with Crippen LogP contribution in [0.5, 0.6) is 0 Å². The van der Waals surface area contributed by atoms with E-state index in [0.29, 0.717) is 12.8 Å². The number of benzene rings is 1. The number of allylic oxidation sites excluding steroid dienone is 2. The molecule has 0 saturated heterocycles. The summed E-state index contributed by atoms with van der Waals surface area (Å²) in [5, 5.41) is 2.92. The Hall–Kier alpha value is -2.10. The van der Waals surface area contributed by atoms with Crippen molar-refractivity contribution in [2.75, 3.05) is 5.32 Å². The van der Waals surface area contributed by atoms with Crippen LogP contribution in [-0.2, 0) is 14.3 Å². The first-order valence-electron chi connectivity index (χ1n) is 8.24. The summed E-state index contributed by atoms with van der Waals surface area (Å²) < 4.78 is 5.44. The lowest BCUT2D eigenvalue weighted by Gasteiger charge is -2.27. The average molecular weight is 315 g/mol. The van der Waals surface area contributed by atoms with Crippen molar-refractivity contribution in [3.8, 4) is 0 Å². The van der Waals surface area contributed by atoms with Crippen LogP contribution in [-0.4, -0.2) is 18.0 Å². The molecule has 0 aliphatic heterocycles. The zero-order valence-electron chi connectivity index (χ0n) is 14.0. The standard InChI is InChI=1S/C19H25NO3/c1-4-14(3)23-19(22)17-11-6-5-10-16(17)18(21)20-15-9-7-8-13(2)12-15/h5-9,12,14,16-17H,4,10-11H2,1-3H3,(H,20,21)/t14-,16+,17+/m0/s1. The average Bonchev–Trinajstić information content (AvgIpc) is 2.54. The van der Waals surface area contributed by atoms with Crippen molar-refractivity contribution < 1.29 is 14.3 Å². The third-order valence-corrected chi connectivity index (χ3v) is 4.25. The molecule has 0 fully saturated rings. The Labute approximate surface area is 137 Å². The fourth-order valence-corrected chi connectivity index (χ4v) is 2.69. The van der Waals surface area contributed by atoms with E-state index in [9.17, 15) is 9.59 Å². The molecule has 1 aromatic rings. The van der Waals surface area contributed by atoms with Crippen LogP contribution in [0, 0.1) is 18.8 Å². The highest BCUT2D eigenvalue weighted by atomic mass is 16.5. The van der Waals surface area contributed by atoms with Crippen LogP contribution in [0.2, 0.25) is 0 Å². The Morgan fingerprint density at radius 3 is 2.61 bits per heavy atom. The minimum Gasteiger partial charge on any atom is -0.462 e. The molecule has 1 N–H and O–H groups in total. The number of amides is 1. The molecule has 0 spiro atoms. The van der Waals surface area contributed by atoms with E-state index in [-0.39, 0.29) is 23.9 Å². The van der Waals surface area contributed by atoms with Crippen LogP contribution in [0.15, 0.2) is 36.4 Å². The van der Waals surface area contributed by atoms with Crippen molar-refractivity contribution >= 4 is 17.6 Å². The SMILES string of the molecule is CC[C@H](C)OC(=O)[C@@H]1CC=CC[C@H]1C(=O)Nc1cccc(C)c1. The van der Waals surface area contributed by atoms with Crippen molar-refractivity contribution in [3.63, 3.8) is 0 Å². The Morgan fingerprint density at radius 2 is 1.96 bits per heavy atom. The van der Waals surface area contributed by atoms with Crippen LogP contribution in [0.25, 0.3) is 0 Å². The highest BCUT2D eigenvalue weighted by Crippen LogP contribution is 2.28. The van der Waals surface area contributed by atoms with E-state index in [4.69, 9.17) is 4.74 Å². The minimum atomic E-state index is -0.404. The van der Waals surface area contributed by atoms with E-state index in [0.717, 1.165) is 17.7 Å². The van der Waals surface area contributed by atoms with Gasteiger partial charge in [0, 0.05) is 5.69 Å². The summed E-state index contributed by atoms with van der Waals surface area (Å²) in [7, 11) is 0. The van der Waals surface area contributed by atoms with Gasteiger partial charge >= 0.3 is 5.97 Å². The molecule has 4 nitrogen and oxygen atoms in total. The lowest BCUT2D eigenvalue weighted by Crippen LogP contribution is -2.36. The van der Waals surface area contributed by atoms with Gasteiger partial charge in [-0.2, -0.15) is 0 Å². The van der Waals surface area contributed by atoms with E-state index >= 15 is 0 Å². The predicted molar refractivity (Wildman–Crippen MR) is 91.0 cm³/mol. The Kier molecular flexibility index (Phi) is 5.97. The van der Waals surface area contributed by atoms with Crippen LogP contribution in [0.3, 0.4) is 0 Å². The summed E-state index contributed by atoms with van der Waals surface area (Å²) in [5.41, 5.74) is 1.85. The van der Waals surface area contributed by atoms with Gasteiger partial charge in [-0.15, -0.1) is 0 Å². The fraction of sp³-hybridized carbons (Fsp3) is 0.474. The molecule has 4 heteroatoms. The normalized spacial score (nSPS) is 21.5. The number of ether oxygens (including phenoxy) is 1. The number of hydrogen-bond donors (Lipinski definition) is 1. The summed E-state index contributed by atoms with van der Waals surface area (Å²) in [6.07, 6.45) is 5.70. The number of rotatable bonds is 5. The molecule has 0 radical (unpaired) electrons. The summed E-state index contributed by atoms with van der Waals surface area (Å²) in [6.45, 7) is 5.82. The highest BCUT2D eigenvalue weighted by Gasteiger charge is 2.35. The zero-order valence-corrected chi connectivity index (χ0v) is 14.0. The van der Waals surface area contributed by atoms with Gasteiger partial charge in [-0.05, 0) is 50.8 Å². The van der Waals surface area contributed by atoms with Gasteiger partial charge < -0.3 is 10.1 Å². The number of carbonyl (C=O) groups excluding carboxylic acids is 2. The van der Waals surface area contributed by atoms with Gasteiger partial charge in [0.1, 0.15) is 0 Å². The molecular formula is C19H25NO3. The molecule has 0 heterocycles. The molecule has 124 valence electrons. The fourth-order valence-electron chi connectivity index (χ4n) is 2.69. The molecule has 1 aliphatic rings. The first kappa shape index (κ1) is 17.3. The minimum absolute atomic E-state index is 0.117. The van der Waals surface area contributed by atoms with Gasteiger partial charge in [0.25, 0.3) is 0 Å². The molecule has 1 aliphatic carbocycles. The number of aryl methyl sites for hydroxylation is 1. The maximum absolute atomic E-state index is 12.6. The molecule has 1 aromatic carbocycles. The molecule has 0 aromatic heterocycles. The topological polar surface area (TPSA) is 55.4 Å². The first-order valence-corrected chi connectivity index (χ1v) is 8.24. The quantitative estimate of drug-likeness (QED) is 0.663. The van der Waals surface area contributed by atoms with Gasteiger partial charge in [-0.1, -0.05) is 31.2 Å². The summed E-state index contributed by atoms with van der Waals surface area (Å²) in [5.74, 6) is -1.17. The predicted octanol–water partition coefficient (Wildman–Crippen LogP) is 3.86. The van der Waals surface area contributed by atoms with Crippen LogP contribution in [0.1, 0.15) is 38.7 Å².